The lowest BCUT2D eigenvalue weighted by molar-refractivity contribution is 0.731. The van der Waals surface area contributed by atoms with Gasteiger partial charge in [-0.15, -0.1) is 11.6 Å². The molecule has 1 aromatic carbocycles. The summed E-state index contributed by atoms with van der Waals surface area (Å²) in [5.41, 5.74) is 0.900. The first-order valence-electron chi connectivity index (χ1n) is 4.59. The molecule has 0 fully saturated rings. The number of halogens is 3. The minimum Gasteiger partial charge on any atom is -0.198 e. The number of hydrogen-bond donors (Lipinski definition) is 0. The summed E-state index contributed by atoms with van der Waals surface area (Å²) in [6.07, 6.45) is 1.57. The molecule has 0 aliphatic carbocycles. The SMILES string of the molecule is N#C[C@H](CCCCl)c1ccc(Cl)c(Cl)c1. The number of nitrogens with zero attached hydrogens (tertiary/aromatic N) is 1. The van der Waals surface area contributed by atoms with Crippen molar-refractivity contribution in [1.29, 1.82) is 5.26 Å². The molecule has 0 amide bonds. The second kappa shape index (κ2) is 6.23. The maximum absolute atomic E-state index is 9.00. The van der Waals surface area contributed by atoms with Crippen LogP contribution in [-0.4, -0.2) is 5.88 Å². The van der Waals surface area contributed by atoms with Crippen molar-refractivity contribution in [2.45, 2.75) is 18.8 Å². The molecule has 0 radical (unpaired) electrons. The maximum atomic E-state index is 9.00. The van der Waals surface area contributed by atoms with Crippen molar-refractivity contribution < 1.29 is 0 Å². The van der Waals surface area contributed by atoms with E-state index in [2.05, 4.69) is 6.07 Å². The Morgan fingerprint density at radius 3 is 2.53 bits per heavy atom. The average Bonchev–Trinajstić information content (AvgIpc) is 2.24. The fraction of sp³-hybridized carbons (Fsp3) is 0.364. The van der Waals surface area contributed by atoms with Gasteiger partial charge in [0.1, 0.15) is 0 Å². The van der Waals surface area contributed by atoms with Crippen molar-refractivity contribution in [3.8, 4) is 6.07 Å². The Morgan fingerprint density at radius 1 is 1.27 bits per heavy atom. The molecule has 0 aromatic heterocycles. The molecule has 0 saturated carbocycles. The number of rotatable bonds is 4. The number of alkyl halides is 1. The first kappa shape index (κ1) is 12.6. The van der Waals surface area contributed by atoms with E-state index in [0.717, 1.165) is 18.4 Å². The summed E-state index contributed by atoms with van der Waals surface area (Å²) in [7, 11) is 0. The van der Waals surface area contributed by atoms with Gasteiger partial charge < -0.3 is 0 Å². The van der Waals surface area contributed by atoms with E-state index in [4.69, 9.17) is 40.1 Å². The topological polar surface area (TPSA) is 23.8 Å². The highest BCUT2D eigenvalue weighted by Gasteiger charge is 2.11. The molecule has 15 heavy (non-hydrogen) atoms. The van der Waals surface area contributed by atoms with Crippen LogP contribution in [0.5, 0.6) is 0 Å². The van der Waals surface area contributed by atoms with Crippen molar-refractivity contribution in [2.75, 3.05) is 5.88 Å². The van der Waals surface area contributed by atoms with Crippen molar-refractivity contribution in [3.63, 3.8) is 0 Å². The fourth-order valence-corrected chi connectivity index (χ4v) is 1.78. The van der Waals surface area contributed by atoms with Gasteiger partial charge in [-0.25, -0.2) is 0 Å². The van der Waals surface area contributed by atoms with E-state index in [1.165, 1.54) is 0 Å². The van der Waals surface area contributed by atoms with Crippen LogP contribution in [0.15, 0.2) is 18.2 Å². The van der Waals surface area contributed by atoms with Crippen LogP contribution in [0.25, 0.3) is 0 Å². The van der Waals surface area contributed by atoms with Gasteiger partial charge in [-0.05, 0) is 30.5 Å². The van der Waals surface area contributed by atoms with Crippen LogP contribution in [-0.2, 0) is 0 Å². The molecule has 0 unspecified atom stereocenters. The van der Waals surface area contributed by atoms with E-state index in [-0.39, 0.29) is 5.92 Å². The summed E-state index contributed by atoms with van der Waals surface area (Å²) < 4.78 is 0. The van der Waals surface area contributed by atoms with Crippen molar-refractivity contribution in [3.05, 3.63) is 33.8 Å². The minimum atomic E-state index is -0.154. The number of benzene rings is 1. The molecule has 0 bridgehead atoms. The van der Waals surface area contributed by atoms with Crippen LogP contribution < -0.4 is 0 Å². The molecule has 1 aromatic rings. The molecule has 4 heteroatoms. The lowest BCUT2D eigenvalue weighted by Gasteiger charge is -2.09. The Kier molecular flexibility index (Phi) is 5.25. The summed E-state index contributed by atoms with van der Waals surface area (Å²) in [6, 6.07) is 7.52. The largest absolute Gasteiger partial charge is 0.198 e. The Bertz CT molecular complexity index is 371. The summed E-state index contributed by atoms with van der Waals surface area (Å²) >= 11 is 17.3. The van der Waals surface area contributed by atoms with Crippen LogP contribution >= 0.6 is 34.8 Å². The predicted octanol–water partition coefficient (Wildman–Crippen LogP) is 4.62. The zero-order chi connectivity index (χ0) is 11.3. The fourth-order valence-electron chi connectivity index (χ4n) is 1.32. The van der Waals surface area contributed by atoms with Crippen molar-refractivity contribution >= 4 is 34.8 Å². The third-order valence-corrected chi connectivity index (χ3v) is 3.13. The van der Waals surface area contributed by atoms with Crippen molar-refractivity contribution in [2.24, 2.45) is 0 Å². The second-order valence-electron chi connectivity index (χ2n) is 3.19. The molecule has 0 aliphatic rings. The Labute approximate surface area is 105 Å². The molecule has 0 spiro atoms. The first-order valence-corrected chi connectivity index (χ1v) is 5.88. The molecule has 0 aliphatic heterocycles. The smallest absolute Gasteiger partial charge is 0.0713 e. The van der Waals surface area contributed by atoms with Crippen molar-refractivity contribution in [1.82, 2.24) is 0 Å². The zero-order valence-electron chi connectivity index (χ0n) is 8.01. The molecule has 80 valence electrons. The zero-order valence-corrected chi connectivity index (χ0v) is 10.3. The summed E-state index contributed by atoms with van der Waals surface area (Å²) in [5.74, 6) is 0.415. The lowest BCUT2D eigenvalue weighted by atomic mass is 9.96. The van der Waals surface area contributed by atoms with Gasteiger partial charge >= 0.3 is 0 Å². The van der Waals surface area contributed by atoms with Crippen LogP contribution in [0.2, 0.25) is 10.0 Å². The van der Waals surface area contributed by atoms with Gasteiger partial charge in [0.25, 0.3) is 0 Å². The van der Waals surface area contributed by atoms with Gasteiger partial charge in [-0.3, -0.25) is 0 Å². The molecule has 1 atom stereocenters. The number of nitriles is 1. The van der Waals surface area contributed by atoms with Gasteiger partial charge in [-0.1, -0.05) is 29.3 Å². The maximum Gasteiger partial charge on any atom is 0.0713 e. The van der Waals surface area contributed by atoms with Crippen LogP contribution in [0.4, 0.5) is 0 Å². The molecular weight excluding hydrogens is 252 g/mol. The van der Waals surface area contributed by atoms with Gasteiger partial charge in [0.15, 0.2) is 0 Å². The van der Waals surface area contributed by atoms with E-state index in [9.17, 15) is 0 Å². The second-order valence-corrected chi connectivity index (χ2v) is 4.38. The van der Waals surface area contributed by atoms with Crippen LogP contribution in [0, 0.1) is 11.3 Å². The monoisotopic (exact) mass is 261 g/mol. The van der Waals surface area contributed by atoms with Crippen LogP contribution in [0.1, 0.15) is 24.3 Å². The lowest BCUT2D eigenvalue weighted by Crippen LogP contribution is -1.96. The Hall–Kier alpha value is -0.420. The normalized spacial score (nSPS) is 12.1. The Morgan fingerprint density at radius 2 is 2.00 bits per heavy atom. The highest BCUT2D eigenvalue weighted by molar-refractivity contribution is 6.42. The molecule has 0 saturated heterocycles. The Balaban J connectivity index is 2.84. The average molecular weight is 263 g/mol. The van der Waals surface area contributed by atoms with E-state index < -0.39 is 0 Å². The quantitative estimate of drug-likeness (QED) is 0.726. The van der Waals surface area contributed by atoms with Gasteiger partial charge in [0.05, 0.1) is 22.0 Å². The number of hydrogen-bond acceptors (Lipinski definition) is 1. The third-order valence-electron chi connectivity index (χ3n) is 2.13. The van der Waals surface area contributed by atoms with Gasteiger partial charge in [0.2, 0.25) is 0 Å². The molecule has 0 heterocycles. The summed E-state index contributed by atoms with van der Waals surface area (Å²) in [5, 5.41) is 9.99. The predicted molar refractivity (Wildman–Crippen MR) is 64.8 cm³/mol. The molecule has 1 rings (SSSR count). The summed E-state index contributed by atoms with van der Waals surface area (Å²) in [6.45, 7) is 0. The highest BCUT2D eigenvalue weighted by atomic mass is 35.5. The molecule has 1 nitrogen and oxygen atoms in total. The third kappa shape index (κ3) is 3.57. The first-order chi connectivity index (χ1) is 7.19. The van der Waals surface area contributed by atoms with E-state index >= 15 is 0 Å². The van der Waals surface area contributed by atoms with Crippen LogP contribution in [0.3, 0.4) is 0 Å². The van der Waals surface area contributed by atoms with E-state index in [0.29, 0.717) is 15.9 Å². The van der Waals surface area contributed by atoms with Gasteiger partial charge in [-0.2, -0.15) is 5.26 Å². The summed E-state index contributed by atoms with van der Waals surface area (Å²) in [4.78, 5) is 0. The minimum absolute atomic E-state index is 0.154. The van der Waals surface area contributed by atoms with E-state index in [1.807, 2.05) is 6.07 Å². The van der Waals surface area contributed by atoms with Gasteiger partial charge in [0, 0.05) is 5.88 Å². The molecule has 0 N–H and O–H groups in total. The molecular formula is C11H10Cl3N. The standard InChI is InChI=1S/C11H10Cl3N/c12-5-1-2-9(7-15)8-3-4-10(13)11(14)6-8/h3-4,6,9H,1-2,5H2/t9-/m0/s1. The van der Waals surface area contributed by atoms with E-state index in [1.54, 1.807) is 12.1 Å². The highest BCUT2D eigenvalue weighted by Crippen LogP contribution is 2.28.